The Kier molecular flexibility index (Phi) is 6.17. The van der Waals surface area contributed by atoms with Crippen LogP contribution in [0.5, 0.6) is 0 Å². The number of halogens is 1. The molecule has 0 saturated heterocycles. The lowest BCUT2D eigenvalue weighted by molar-refractivity contribution is -0.115. The third-order valence-electron chi connectivity index (χ3n) is 2.70. The van der Waals surface area contributed by atoms with Crippen LogP contribution < -0.4 is 0 Å². The van der Waals surface area contributed by atoms with Crippen molar-refractivity contribution >= 4 is 21.7 Å². The van der Waals surface area contributed by atoms with E-state index >= 15 is 0 Å². The van der Waals surface area contributed by atoms with Gasteiger partial charge in [-0.15, -0.1) is 0 Å². The minimum atomic E-state index is 0.283. The first-order valence-electron chi connectivity index (χ1n) is 5.69. The Morgan fingerprint density at radius 3 is 2.21 bits per heavy atom. The molecular weight excluding hydrogens is 240 g/mol. The van der Waals surface area contributed by atoms with E-state index in [2.05, 4.69) is 15.9 Å². The van der Waals surface area contributed by atoms with Crippen LogP contribution >= 0.6 is 15.9 Å². The maximum Gasteiger partial charge on any atom is 0.169 e. The molecule has 0 aromatic carbocycles. The topological polar surface area (TPSA) is 17.1 Å². The number of Topliss-reactive ketones (excluding diaryl/α,β-unsaturated/α-hetero) is 1. The normalized spacial score (nSPS) is 22.1. The first-order valence-corrected chi connectivity index (χ1v) is 6.49. The summed E-state index contributed by atoms with van der Waals surface area (Å²) < 4.78 is 0.804. The van der Waals surface area contributed by atoms with Crippen LogP contribution in [-0.4, -0.2) is 5.78 Å². The molecule has 1 aliphatic rings. The van der Waals surface area contributed by atoms with E-state index in [1.165, 1.54) is 38.5 Å². The van der Waals surface area contributed by atoms with E-state index in [9.17, 15) is 4.79 Å². The summed E-state index contributed by atoms with van der Waals surface area (Å²) in [6, 6.07) is 0. The fraction of sp³-hybridized carbons (Fsp3) is 0.750. The van der Waals surface area contributed by atoms with Gasteiger partial charge in [0.1, 0.15) is 0 Å². The van der Waals surface area contributed by atoms with Gasteiger partial charge in [-0.2, -0.15) is 0 Å². The molecule has 0 unspecified atom stereocenters. The zero-order valence-corrected chi connectivity index (χ0v) is 10.3. The van der Waals surface area contributed by atoms with Gasteiger partial charge in [-0.25, -0.2) is 0 Å². The smallest absolute Gasteiger partial charge is 0.169 e. The number of carbonyl (C=O) groups excluding carboxylic acids is 1. The highest BCUT2D eigenvalue weighted by Gasteiger charge is 2.06. The summed E-state index contributed by atoms with van der Waals surface area (Å²) in [6.45, 7) is 0. The van der Waals surface area contributed by atoms with Gasteiger partial charge in [0.2, 0.25) is 0 Å². The lowest BCUT2D eigenvalue weighted by atomic mass is 10.0. The molecule has 1 nitrogen and oxygen atoms in total. The molecule has 1 aliphatic carbocycles. The predicted molar refractivity (Wildman–Crippen MR) is 63.6 cm³/mol. The Hall–Kier alpha value is -0.110. The van der Waals surface area contributed by atoms with E-state index in [1.54, 1.807) is 0 Å². The van der Waals surface area contributed by atoms with Crippen molar-refractivity contribution in [3.05, 3.63) is 10.6 Å². The lowest BCUT2D eigenvalue weighted by Gasteiger charge is -2.04. The van der Waals surface area contributed by atoms with Crippen LogP contribution in [0.4, 0.5) is 0 Å². The van der Waals surface area contributed by atoms with Crippen LogP contribution in [-0.2, 0) is 4.79 Å². The standard InChI is InChI=1S/C12H19BrO/c13-11-9-7-5-3-1-2-4-6-8-10-12(11)14/h9H,1-8,10H2. The molecule has 0 fully saturated rings. The van der Waals surface area contributed by atoms with Gasteiger partial charge in [-0.1, -0.05) is 38.2 Å². The minimum Gasteiger partial charge on any atom is -0.294 e. The van der Waals surface area contributed by atoms with Crippen LogP contribution in [0.25, 0.3) is 0 Å². The summed E-state index contributed by atoms with van der Waals surface area (Å²) in [5.74, 6) is 0.283. The number of carbonyl (C=O) groups is 1. The summed E-state index contributed by atoms with van der Waals surface area (Å²) in [4.78, 5) is 11.5. The van der Waals surface area contributed by atoms with Gasteiger partial charge in [0.05, 0.1) is 4.48 Å². The molecule has 0 heterocycles. The molecule has 0 aliphatic heterocycles. The highest BCUT2D eigenvalue weighted by Crippen LogP contribution is 2.17. The molecule has 0 saturated carbocycles. The second-order valence-corrected chi connectivity index (χ2v) is 4.84. The van der Waals surface area contributed by atoms with Crippen molar-refractivity contribution in [2.45, 2.75) is 57.8 Å². The van der Waals surface area contributed by atoms with E-state index < -0.39 is 0 Å². The average molecular weight is 259 g/mol. The van der Waals surface area contributed by atoms with E-state index in [4.69, 9.17) is 0 Å². The zero-order chi connectivity index (χ0) is 10.2. The van der Waals surface area contributed by atoms with E-state index in [0.29, 0.717) is 0 Å². The highest BCUT2D eigenvalue weighted by atomic mass is 79.9. The summed E-state index contributed by atoms with van der Waals surface area (Å²) in [5.41, 5.74) is 0. The Balaban J connectivity index is 2.40. The second-order valence-electron chi connectivity index (χ2n) is 3.99. The number of hydrogen-bond acceptors (Lipinski definition) is 1. The van der Waals surface area contributed by atoms with Gasteiger partial charge in [0.25, 0.3) is 0 Å². The molecule has 1 rings (SSSR count). The molecule has 0 N–H and O–H groups in total. The molecule has 0 amide bonds. The second kappa shape index (κ2) is 7.22. The van der Waals surface area contributed by atoms with Gasteiger partial charge >= 0.3 is 0 Å². The van der Waals surface area contributed by atoms with Crippen molar-refractivity contribution < 1.29 is 4.79 Å². The van der Waals surface area contributed by atoms with Crippen LogP contribution in [0.15, 0.2) is 10.6 Å². The molecule has 2 heteroatoms. The van der Waals surface area contributed by atoms with Crippen molar-refractivity contribution in [3.63, 3.8) is 0 Å². The van der Waals surface area contributed by atoms with Crippen molar-refractivity contribution in [2.24, 2.45) is 0 Å². The maximum atomic E-state index is 11.5. The third kappa shape index (κ3) is 4.94. The number of ketones is 1. The first kappa shape index (κ1) is 12.0. The van der Waals surface area contributed by atoms with E-state index in [1.807, 2.05) is 6.08 Å². The quantitative estimate of drug-likeness (QED) is 0.631. The summed E-state index contributed by atoms with van der Waals surface area (Å²) in [6.07, 6.45) is 12.6. The summed E-state index contributed by atoms with van der Waals surface area (Å²) >= 11 is 3.36. The summed E-state index contributed by atoms with van der Waals surface area (Å²) in [5, 5.41) is 0. The van der Waals surface area contributed by atoms with Gasteiger partial charge in [-0.05, 0) is 35.2 Å². The Morgan fingerprint density at radius 2 is 1.50 bits per heavy atom. The molecule has 80 valence electrons. The van der Waals surface area contributed by atoms with Crippen LogP contribution in [0.1, 0.15) is 57.8 Å². The highest BCUT2D eigenvalue weighted by molar-refractivity contribution is 9.12. The van der Waals surface area contributed by atoms with Crippen LogP contribution in [0.3, 0.4) is 0 Å². The zero-order valence-electron chi connectivity index (χ0n) is 8.73. The van der Waals surface area contributed by atoms with Gasteiger partial charge < -0.3 is 0 Å². The molecule has 0 bridgehead atoms. The fourth-order valence-electron chi connectivity index (χ4n) is 1.78. The minimum absolute atomic E-state index is 0.283. The van der Waals surface area contributed by atoms with Crippen molar-refractivity contribution in [3.8, 4) is 0 Å². The largest absolute Gasteiger partial charge is 0.294 e. The molecule has 14 heavy (non-hydrogen) atoms. The molecule has 0 aromatic heterocycles. The monoisotopic (exact) mass is 258 g/mol. The molecule has 0 spiro atoms. The van der Waals surface area contributed by atoms with Crippen molar-refractivity contribution in [1.29, 1.82) is 0 Å². The predicted octanol–water partition coefficient (Wildman–Crippen LogP) is 4.36. The van der Waals surface area contributed by atoms with Gasteiger partial charge in [0.15, 0.2) is 5.78 Å². The van der Waals surface area contributed by atoms with E-state index in [-0.39, 0.29) is 5.78 Å². The Labute approximate surface area is 95.1 Å². The van der Waals surface area contributed by atoms with Gasteiger partial charge in [-0.3, -0.25) is 4.79 Å². The third-order valence-corrected chi connectivity index (χ3v) is 3.46. The summed E-state index contributed by atoms with van der Waals surface area (Å²) in [7, 11) is 0. The molecule has 0 radical (unpaired) electrons. The molecular formula is C12H19BrO. The Bertz CT molecular complexity index is 208. The Morgan fingerprint density at radius 1 is 0.929 bits per heavy atom. The number of allylic oxidation sites excluding steroid dienone is 2. The first-order chi connectivity index (χ1) is 6.80. The van der Waals surface area contributed by atoms with Gasteiger partial charge in [0, 0.05) is 6.42 Å². The van der Waals surface area contributed by atoms with Crippen LogP contribution in [0, 0.1) is 0 Å². The van der Waals surface area contributed by atoms with Crippen molar-refractivity contribution in [1.82, 2.24) is 0 Å². The maximum absolute atomic E-state index is 11.5. The SMILES string of the molecule is O=C1CCCCCCCCCC=C1Br. The van der Waals surface area contributed by atoms with Crippen LogP contribution in [0.2, 0.25) is 0 Å². The number of rotatable bonds is 0. The number of hydrogen-bond donors (Lipinski definition) is 0. The average Bonchev–Trinajstić information content (AvgIpc) is 2.18. The molecule has 0 atom stereocenters. The van der Waals surface area contributed by atoms with E-state index in [0.717, 1.165) is 23.7 Å². The fourth-order valence-corrected chi connectivity index (χ4v) is 2.20. The van der Waals surface area contributed by atoms with Crippen molar-refractivity contribution in [2.75, 3.05) is 0 Å². The lowest BCUT2D eigenvalue weighted by Crippen LogP contribution is -1.98. The molecule has 0 aromatic rings.